The lowest BCUT2D eigenvalue weighted by Crippen LogP contribution is -2.29. The fraction of sp³-hybridized carbons (Fsp3) is 0.320. The second kappa shape index (κ2) is 11.5. The van der Waals surface area contributed by atoms with Gasteiger partial charge in [0.15, 0.2) is 11.5 Å². The molecule has 0 saturated heterocycles. The number of carbonyl (C=O) groups is 1. The number of methoxy groups -OCH3 is 1. The van der Waals surface area contributed by atoms with Crippen LogP contribution in [-0.2, 0) is 16.1 Å². The van der Waals surface area contributed by atoms with Crippen LogP contribution in [0.15, 0.2) is 52.8 Å². The molecular weight excluding hydrogens is 523 g/mol. The predicted octanol–water partition coefficient (Wildman–Crippen LogP) is 6.14. The number of anilines is 1. The minimum absolute atomic E-state index is 0.233. The third-order valence-electron chi connectivity index (χ3n) is 5.50. The largest absolute Gasteiger partial charge is 0.493 e. The molecule has 1 aliphatic heterocycles. The van der Waals surface area contributed by atoms with Crippen molar-refractivity contribution in [3.05, 3.63) is 68.8 Å². The maximum absolute atomic E-state index is 13.0. The first-order valence-corrected chi connectivity index (χ1v) is 13.1. The van der Waals surface area contributed by atoms with E-state index in [9.17, 15) is 4.79 Å². The Hall–Kier alpha value is -2.88. The van der Waals surface area contributed by atoms with Gasteiger partial charge in [0.2, 0.25) is 11.1 Å². The van der Waals surface area contributed by atoms with Crippen LogP contribution in [0.2, 0.25) is 10.0 Å². The van der Waals surface area contributed by atoms with E-state index >= 15 is 0 Å². The standard InChI is InChI=1S/C25H26Cl2N4O4S/c1-5-34-23(32)21-14(3)28-24-29-25(36-6-2)30-31(24)22(21)15-8-10-19(20(11-15)33-4)35-13-16-7-9-17(26)12-18(16)27/h7-12,22H,5-6,13H2,1-4H3,(H,28,29,30). The first-order chi connectivity index (χ1) is 17.4. The molecule has 0 bridgehead atoms. The summed E-state index contributed by atoms with van der Waals surface area (Å²) in [6.07, 6.45) is 0. The molecule has 1 atom stereocenters. The van der Waals surface area contributed by atoms with Gasteiger partial charge in [-0.2, -0.15) is 4.98 Å². The minimum atomic E-state index is -0.562. The quantitative estimate of drug-likeness (QED) is 0.252. The molecule has 1 aromatic heterocycles. The van der Waals surface area contributed by atoms with Crippen molar-refractivity contribution in [1.29, 1.82) is 0 Å². The topological polar surface area (TPSA) is 87.5 Å². The number of hydrogen-bond acceptors (Lipinski definition) is 8. The summed E-state index contributed by atoms with van der Waals surface area (Å²) in [7, 11) is 1.56. The number of ether oxygens (including phenoxy) is 3. The molecule has 11 heteroatoms. The maximum Gasteiger partial charge on any atom is 0.338 e. The SMILES string of the molecule is CCOC(=O)C1=C(C)Nc2nc(SCC)nn2C1c1ccc(OCc2ccc(Cl)cc2Cl)c(OC)c1. The number of fused-ring (bicyclic) bond motifs is 1. The van der Waals surface area contributed by atoms with Crippen molar-refractivity contribution in [2.24, 2.45) is 0 Å². The average molecular weight is 549 g/mol. The highest BCUT2D eigenvalue weighted by molar-refractivity contribution is 7.99. The first-order valence-electron chi connectivity index (χ1n) is 11.3. The van der Waals surface area contributed by atoms with E-state index in [1.165, 1.54) is 11.8 Å². The number of benzene rings is 2. The zero-order valence-corrected chi connectivity index (χ0v) is 22.6. The Bertz CT molecular complexity index is 1310. The second-order valence-electron chi connectivity index (χ2n) is 7.82. The molecular formula is C25H26Cl2N4O4S. The molecule has 0 radical (unpaired) electrons. The molecule has 2 aromatic carbocycles. The summed E-state index contributed by atoms with van der Waals surface area (Å²) < 4.78 is 18.7. The molecule has 36 heavy (non-hydrogen) atoms. The highest BCUT2D eigenvalue weighted by Crippen LogP contribution is 2.40. The van der Waals surface area contributed by atoms with E-state index in [4.69, 9.17) is 37.4 Å². The van der Waals surface area contributed by atoms with Gasteiger partial charge in [-0.25, -0.2) is 9.48 Å². The number of rotatable bonds is 9. The monoisotopic (exact) mass is 548 g/mol. The molecule has 190 valence electrons. The zero-order valence-electron chi connectivity index (χ0n) is 20.3. The molecule has 0 saturated carbocycles. The van der Waals surface area contributed by atoms with Crippen LogP contribution in [0.5, 0.6) is 11.5 Å². The maximum atomic E-state index is 13.0. The Balaban J connectivity index is 1.71. The van der Waals surface area contributed by atoms with Gasteiger partial charge in [-0.3, -0.25) is 0 Å². The predicted molar refractivity (Wildman–Crippen MR) is 141 cm³/mol. The summed E-state index contributed by atoms with van der Waals surface area (Å²) in [4.78, 5) is 17.6. The first kappa shape index (κ1) is 26.2. The lowest BCUT2D eigenvalue weighted by Gasteiger charge is -2.28. The highest BCUT2D eigenvalue weighted by atomic mass is 35.5. The van der Waals surface area contributed by atoms with Crippen molar-refractivity contribution in [3.8, 4) is 11.5 Å². The Labute approximate surface area is 223 Å². The average Bonchev–Trinajstić information content (AvgIpc) is 3.24. The number of esters is 1. The Morgan fingerprint density at radius 3 is 2.67 bits per heavy atom. The van der Waals surface area contributed by atoms with Gasteiger partial charge in [0.1, 0.15) is 12.6 Å². The van der Waals surface area contributed by atoms with Crippen LogP contribution >= 0.6 is 35.0 Å². The summed E-state index contributed by atoms with van der Waals surface area (Å²) in [6.45, 7) is 6.13. The number of nitrogens with zero attached hydrogens (tertiary/aromatic N) is 3. The third kappa shape index (κ3) is 5.43. The van der Waals surface area contributed by atoms with Crippen molar-refractivity contribution in [2.45, 2.75) is 38.6 Å². The van der Waals surface area contributed by atoms with Crippen molar-refractivity contribution in [2.75, 3.05) is 24.8 Å². The van der Waals surface area contributed by atoms with Gasteiger partial charge in [0.25, 0.3) is 0 Å². The number of nitrogens with one attached hydrogen (secondary N) is 1. The van der Waals surface area contributed by atoms with Crippen LogP contribution < -0.4 is 14.8 Å². The van der Waals surface area contributed by atoms with Crippen LogP contribution in [0.3, 0.4) is 0 Å². The molecule has 1 N–H and O–H groups in total. The highest BCUT2D eigenvalue weighted by Gasteiger charge is 2.35. The van der Waals surface area contributed by atoms with Gasteiger partial charge in [-0.1, -0.05) is 54.0 Å². The van der Waals surface area contributed by atoms with E-state index in [1.54, 1.807) is 36.9 Å². The molecule has 1 unspecified atom stereocenters. The fourth-order valence-electron chi connectivity index (χ4n) is 3.87. The summed E-state index contributed by atoms with van der Waals surface area (Å²) in [6, 6.07) is 10.2. The number of aromatic nitrogens is 3. The minimum Gasteiger partial charge on any atom is -0.493 e. The van der Waals surface area contributed by atoms with Gasteiger partial charge in [0.05, 0.1) is 19.3 Å². The van der Waals surface area contributed by atoms with Crippen LogP contribution in [0.1, 0.15) is 37.9 Å². The number of thioether (sulfide) groups is 1. The van der Waals surface area contributed by atoms with E-state index < -0.39 is 12.0 Å². The Morgan fingerprint density at radius 2 is 1.97 bits per heavy atom. The lowest BCUT2D eigenvalue weighted by atomic mass is 9.95. The van der Waals surface area contributed by atoms with E-state index in [0.29, 0.717) is 43.9 Å². The van der Waals surface area contributed by atoms with Crippen molar-refractivity contribution in [3.63, 3.8) is 0 Å². The van der Waals surface area contributed by atoms with Crippen molar-refractivity contribution < 1.29 is 19.0 Å². The summed E-state index contributed by atoms with van der Waals surface area (Å²) in [5.41, 5.74) is 2.67. The molecule has 4 rings (SSSR count). The molecule has 1 aliphatic rings. The zero-order chi connectivity index (χ0) is 25.8. The molecule has 0 amide bonds. The van der Waals surface area contributed by atoms with Crippen LogP contribution in [0, 0.1) is 0 Å². The Morgan fingerprint density at radius 1 is 1.17 bits per heavy atom. The van der Waals surface area contributed by atoms with Crippen LogP contribution in [-0.4, -0.2) is 40.2 Å². The molecule has 2 heterocycles. The van der Waals surface area contributed by atoms with Gasteiger partial charge >= 0.3 is 5.97 Å². The van der Waals surface area contributed by atoms with Gasteiger partial charge < -0.3 is 19.5 Å². The number of hydrogen-bond donors (Lipinski definition) is 1. The van der Waals surface area contributed by atoms with E-state index in [1.807, 2.05) is 32.0 Å². The number of carbonyl (C=O) groups excluding carboxylic acids is 1. The summed E-state index contributed by atoms with van der Waals surface area (Å²) in [5.74, 6) is 1.98. The number of halogens is 2. The van der Waals surface area contributed by atoms with E-state index in [0.717, 1.165) is 16.9 Å². The molecule has 0 fully saturated rings. The van der Waals surface area contributed by atoms with Gasteiger partial charge in [-0.05, 0) is 49.4 Å². The van der Waals surface area contributed by atoms with E-state index in [-0.39, 0.29) is 13.2 Å². The van der Waals surface area contributed by atoms with Crippen molar-refractivity contribution in [1.82, 2.24) is 14.8 Å². The van der Waals surface area contributed by atoms with Crippen molar-refractivity contribution >= 4 is 46.9 Å². The Kier molecular flexibility index (Phi) is 8.33. The molecule has 8 nitrogen and oxygen atoms in total. The van der Waals surface area contributed by atoms with Gasteiger partial charge in [-0.15, -0.1) is 5.10 Å². The van der Waals surface area contributed by atoms with Gasteiger partial charge in [0, 0.05) is 21.3 Å². The summed E-state index contributed by atoms with van der Waals surface area (Å²) in [5, 5.41) is 9.55. The normalized spacial score (nSPS) is 14.8. The van der Waals surface area contributed by atoms with E-state index in [2.05, 4.69) is 15.4 Å². The third-order valence-corrected chi connectivity index (χ3v) is 6.81. The molecule has 0 spiro atoms. The molecule has 0 aliphatic carbocycles. The lowest BCUT2D eigenvalue weighted by molar-refractivity contribution is -0.139. The second-order valence-corrected chi connectivity index (χ2v) is 9.89. The smallest absolute Gasteiger partial charge is 0.338 e. The fourth-order valence-corrected chi connectivity index (χ4v) is 4.89. The van der Waals surface area contributed by atoms with Crippen LogP contribution in [0.4, 0.5) is 5.95 Å². The molecule has 3 aromatic rings. The van der Waals surface area contributed by atoms with Crippen LogP contribution in [0.25, 0.3) is 0 Å². The summed E-state index contributed by atoms with van der Waals surface area (Å²) >= 11 is 13.8. The number of allylic oxidation sites excluding steroid dienone is 1.